The minimum atomic E-state index is -1.98. The third-order valence-corrected chi connectivity index (χ3v) is 11.2. The standard InChI is InChI=1S/C26H40O6Si2/c1-15-13-25-14-16(15)17(31-33(4,5)6)12-18(25)26-11-10-19(32-34(7,8)9)24(2,23(28)30-26)21(26)20(25)22(27)29-3/h10-11,16-21H,1,12-14H2,2-9H3/t16-,17+,18?,19+,20-,21?,24?,25+,26-/m1/s1. The number of esters is 2. The molecule has 0 N–H and O–H groups in total. The van der Waals surface area contributed by atoms with Crippen molar-refractivity contribution in [2.24, 2.45) is 34.5 Å². The van der Waals surface area contributed by atoms with E-state index in [0.717, 1.165) is 19.3 Å². The molecule has 1 saturated heterocycles. The number of ether oxygens (including phenoxy) is 2. The van der Waals surface area contributed by atoms with Gasteiger partial charge in [-0.1, -0.05) is 18.2 Å². The van der Waals surface area contributed by atoms with E-state index in [4.69, 9.17) is 18.3 Å². The highest BCUT2D eigenvalue weighted by molar-refractivity contribution is 6.70. The molecule has 4 fully saturated rings. The Balaban J connectivity index is 1.67. The van der Waals surface area contributed by atoms with Gasteiger partial charge in [-0.3, -0.25) is 9.59 Å². The zero-order valence-corrected chi connectivity index (χ0v) is 23.9. The Morgan fingerprint density at radius 3 is 2.38 bits per heavy atom. The molecule has 34 heavy (non-hydrogen) atoms. The van der Waals surface area contributed by atoms with Crippen molar-refractivity contribution in [1.82, 2.24) is 0 Å². The number of fused-ring (bicyclic) bond motifs is 1. The lowest BCUT2D eigenvalue weighted by atomic mass is 9.61. The van der Waals surface area contributed by atoms with Crippen LogP contribution < -0.4 is 0 Å². The highest BCUT2D eigenvalue weighted by Crippen LogP contribution is 2.77. The molecule has 3 saturated carbocycles. The van der Waals surface area contributed by atoms with Gasteiger partial charge in [0, 0.05) is 17.8 Å². The van der Waals surface area contributed by atoms with Crippen molar-refractivity contribution >= 4 is 28.6 Å². The number of rotatable bonds is 5. The molecule has 5 aliphatic rings. The fourth-order valence-electron chi connectivity index (χ4n) is 8.32. The first-order valence-electron chi connectivity index (χ1n) is 12.6. The maximum atomic E-state index is 13.7. The van der Waals surface area contributed by atoms with Crippen molar-refractivity contribution < 1.29 is 27.9 Å². The lowest BCUT2D eigenvalue weighted by molar-refractivity contribution is -0.164. The molecule has 4 aliphatic carbocycles. The van der Waals surface area contributed by atoms with Crippen LogP contribution in [-0.4, -0.2) is 53.5 Å². The van der Waals surface area contributed by atoms with Crippen LogP contribution in [0.2, 0.25) is 39.3 Å². The van der Waals surface area contributed by atoms with Gasteiger partial charge in [0.1, 0.15) is 11.0 Å². The van der Waals surface area contributed by atoms with E-state index in [9.17, 15) is 9.59 Å². The SMILES string of the molecule is C=C1C[C@]23C[C@H]1[C@@H](O[Si](C)(C)C)CC2[C@@]12C=C[C@H](O[Si](C)(C)C)C(C)(C(=O)O1)C2[C@@H]3C(=O)OC. The molecule has 8 heteroatoms. The number of carbonyl (C=O) groups is 2. The van der Waals surface area contributed by atoms with Gasteiger partial charge >= 0.3 is 11.9 Å². The fourth-order valence-corrected chi connectivity index (χ4v) is 10.6. The predicted octanol–water partition coefficient (Wildman–Crippen LogP) is 4.69. The molecule has 4 bridgehead atoms. The van der Waals surface area contributed by atoms with Crippen LogP contribution in [0.5, 0.6) is 0 Å². The molecule has 5 rings (SSSR count). The second-order valence-electron chi connectivity index (χ2n) is 13.4. The third kappa shape index (κ3) is 3.10. The van der Waals surface area contributed by atoms with Crippen LogP contribution in [-0.2, 0) is 27.9 Å². The molecule has 1 aliphatic heterocycles. The van der Waals surface area contributed by atoms with Gasteiger partial charge in [0.2, 0.25) is 0 Å². The van der Waals surface area contributed by atoms with Crippen molar-refractivity contribution in [2.45, 2.75) is 83.3 Å². The molecule has 0 amide bonds. The summed E-state index contributed by atoms with van der Waals surface area (Å²) in [5, 5.41) is 0. The summed E-state index contributed by atoms with van der Waals surface area (Å²) in [7, 11) is -2.33. The van der Waals surface area contributed by atoms with Crippen molar-refractivity contribution in [3.8, 4) is 0 Å². The summed E-state index contributed by atoms with van der Waals surface area (Å²) in [4.78, 5) is 27.3. The average molecular weight is 505 g/mol. The maximum Gasteiger partial charge on any atom is 0.316 e. The highest BCUT2D eigenvalue weighted by Gasteiger charge is 2.83. The average Bonchev–Trinajstić information content (AvgIpc) is 3.18. The van der Waals surface area contributed by atoms with Crippen molar-refractivity contribution in [2.75, 3.05) is 7.11 Å². The minimum Gasteiger partial charge on any atom is -0.469 e. The summed E-state index contributed by atoms with van der Waals surface area (Å²) in [5.74, 6) is -1.04. The lowest BCUT2D eigenvalue weighted by Gasteiger charge is -2.46. The van der Waals surface area contributed by atoms with Crippen LogP contribution in [0.1, 0.15) is 26.2 Å². The Morgan fingerprint density at radius 2 is 1.79 bits per heavy atom. The second kappa shape index (κ2) is 7.17. The molecule has 9 atom stereocenters. The highest BCUT2D eigenvalue weighted by atomic mass is 28.4. The zero-order valence-electron chi connectivity index (χ0n) is 21.9. The number of hydrogen-bond acceptors (Lipinski definition) is 6. The molecule has 188 valence electrons. The van der Waals surface area contributed by atoms with Gasteiger partial charge in [-0.15, -0.1) is 0 Å². The molecule has 1 heterocycles. The first kappa shape index (κ1) is 24.5. The van der Waals surface area contributed by atoms with E-state index in [1.807, 2.05) is 6.92 Å². The van der Waals surface area contributed by atoms with Crippen LogP contribution in [0.3, 0.4) is 0 Å². The topological polar surface area (TPSA) is 71.1 Å². The normalized spacial score (nSPS) is 46.8. The molecule has 6 nitrogen and oxygen atoms in total. The molecule has 0 aromatic heterocycles. The summed E-state index contributed by atoms with van der Waals surface area (Å²) in [6.07, 6.45) is 6.13. The van der Waals surface area contributed by atoms with E-state index in [1.54, 1.807) is 0 Å². The zero-order chi connectivity index (χ0) is 25.1. The monoisotopic (exact) mass is 504 g/mol. The number of hydrogen-bond donors (Lipinski definition) is 0. The Labute approximate surface area is 205 Å². The number of carbonyl (C=O) groups excluding carboxylic acids is 2. The molecular weight excluding hydrogens is 464 g/mol. The molecular formula is C26H40O6Si2. The predicted molar refractivity (Wildman–Crippen MR) is 134 cm³/mol. The van der Waals surface area contributed by atoms with Gasteiger partial charge in [-0.25, -0.2) is 0 Å². The molecule has 0 aromatic rings. The van der Waals surface area contributed by atoms with Gasteiger partial charge in [0.15, 0.2) is 16.6 Å². The van der Waals surface area contributed by atoms with Crippen LogP contribution >= 0.6 is 0 Å². The van der Waals surface area contributed by atoms with Gasteiger partial charge < -0.3 is 18.3 Å². The largest absolute Gasteiger partial charge is 0.469 e. The molecule has 3 unspecified atom stereocenters. The Morgan fingerprint density at radius 1 is 1.15 bits per heavy atom. The van der Waals surface area contributed by atoms with E-state index in [1.165, 1.54) is 12.7 Å². The first-order chi connectivity index (χ1) is 15.6. The van der Waals surface area contributed by atoms with Crippen molar-refractivity contribution in [3.63, 3.8) is 0 Å². The van der Waals surface area contributed by atoms with Crippen molar-refractivity contribution in [1.29, 1.82) is 0 Å². The van der Waals surface area contributed by atoms with Gasteiger partial charge in [-0.05, 0) is 77.0 Å². The van der Waals surface area contributed by atoms with E-state index in [2.05, 4.69) is 58.0 Å². The molecule has 0 radical (unpaired) electrons. The smallest absolute Gasteiger partial charge is 0.316 e. The van der Waals surface area contributed by atoms with Gasteiger partial charge in [-0.2, -0.15) is 0 Å². The van der Waals surface area contributed by atoms with Gasteiger partial charge in [0.05, 0.1) is 25.2 Å². The second-order valence-corrected chi connectivity index (χ2v) is 22.4. The fraction of sp³-hybridized carbons (Fsp3) is 0.769. The summed E-state index contributed by atoms with van der Waals surface area (Å²) < 4.78 is 25.1. The van der Waals surface area contributed by atoms with Crippen molar-refractivity contribution in [3.05, 3.63) is 24.3 Å². The third-order valence-electron chi connectivity index (χ3n) is 9.19. The van der Waals surface area contributed by atoms with Crippen LogP contribution in [0.25, 0.3) is 0 Å². The summed E-state index contributed by atoms with van der Waals surface area (Å²) in [6, 6.07) is 0. The van der Waals surface area contributed by atoms with E-state index >= 15 is 0 Å². The van der Waals surface area contributed by atoms with E-state index < -0.39 is 39.7 Å². The van der Waals surface area contributed by atoms with Gasteiger partial charge in [0.25, 0.3) is 0 Å². The summed E-state index contributed by atoms with van der Waals surface area (Å²) in [5.41, 5.74) is -0.935. The van der Waals surface area contributed by atoms with Crippen LogP contribution in [0, 0.1) is 34.5 Å². The Bertz CT molecular complexity index is 979. The maximum absolute atomic E-state index is 13.7. The van der Waals surface area contributed by atoms with Crippen LogP contribution in [0.15, 0.2) is 24.3 Å². The summed E-state index contributed by atoms with van der Waals surface area (Å²) >= 11 is 0. The molecule has 0 aromatic carbocycles. The minimum absolute atomic E-state index is 0.0131. The summed E-state index contributed by atoms with van der Waals surface area (Å²) in [6.45, 7) is 19.4. The van der Waals surface area contributed by atoms with E-state index in [0.29, 0.717) is 0 Å². The van der Waals surface area contributed by atoms with Crippen LogP contribution in [0.4, 0.5) is 0 Å². The lowest BCUT2D eigenvalue weighted by Crippen LogP contribution is -2.54. The molecule has 1 spiro atoms. The number of methoxy groups -OCH3 is 1. The Hall–Kier alpha value is -1.23. The quantitative estimate of drug-likeness (QED) is 0.307. The first-order valence-corrected chi connectivity index (χ1v) is 19.4. The Kier molecular flexibility index (Phi) is 5.16. The van der Waals surface area contributed by atoms with E-state index in [-0.39, 0.29) is 41.2 Å².